The summed E-state index contributed by atoms with van der Waals surface area (Å²) < 4.78 is 5.78. The number of nitrogens with two attached hydrogens (primary N) is 1. The van der Waals surface area contributed by atoms with E-state index in [1.807, 2.05) is 24.3 Å². The second-order valence-electron chi connectivity index (χ2n) is 9.51. The number of nitrogens with one attached hydrogen (secondary N) is 1. The van der Waals surface area contributed by atoms with Crippen LogP contribution in [0.25, 0.3) is 0 Å². The molecule has 0 aliphatic rings. The molecule has 1 aromatic rings. The van der Waals surface area contributed by atoms with E-state index in [0.717, 1.165) is 24.3 Å². The van der Waals surface area contributed by atoms with Gasteiger partial charge in [0.2, 0.25) is 0 Å². The van der Waals surface area contributed by atoms with Crippen LogP contribution in [0.3, 0.4) is 0 Å². The summed E-state index contributed by atoms with van der Waals surface area (Å²) in [6.07, 6.45) is 28.0. The normalized spacial score (nSPS) is 11.0. The maximum atomic E-state index is 7.48. The van der Waals surface area contributed by atoms with E-state index in [9.17, 15) is 0 Å². The van der Waals surface area contributed by atoms with Crippen LogP contribution >= 0.6 is 0 Å². The van der Waals surface area contributed by atoms with Gasteiger partial charge in [0.15, 0.2) is 0 Å². The van der Waals surface area contributed by atoms with E-state index < -0.39 is 0 Å². The molecule has 0 radical (unpaired) electrons. The van der Waals surface area contributed by atoms with E-state index in [4.69, 9.17) is 15.9 Å². The third-order valence-electron chi connectivity index (χ3n) is 6.41. The zero-order valence-electron chi connectivity index (χ0n) is 21.1. The summed E-state index contributed by atoms with van der Waals surface area (Å²) >= 11 is 0. The van der Waals surface area contributed by atoms with Gasteiger partial charge in [-0.1, -0.05) is 141 Å². The van der Waals surface area contributed by atoms with Crippen molar-refractivity contribution < 1.29 is 4.74 Å². The Morgan fingerprint density at radius 1 is 0.656 bits per heavy atom. The lowest BCUT2D eigenvalue weighted by Gasteiger charge is -2.07. The fourth-order valence-corrected chi connectivity index (χ4v) is 4.30. The van der Waals surface area contributed by atoms with Crippen molar-refractivity contribution in [2.24, 2.45) is 5.73 Å². The SMILES string of the molecule is CCCCCCCCCCCCCCCCCCCCCCOc1cccc(C(=N)N)c1. The molecule has 1 rings (SSSR count). The maximum absolute atomic E-state index is 7.48. The number of rotatable bonds is 23. The molecule has 0 saturated carbocycles. The van der Waals surface area contributed by atoms with Gasteiger partial charge in [-0.2, -0.15) is 0 Å². The van der Waals surface area contributed by atoms with Gasteiger partial charge in [0.25, 0.3) is 0 Å². The molecule has 184 valence electrons. The van der Waals surface area contributed by atoms with Crippen LogP contribution in [0.4, 0.5) is 0 Å². The maximum Gasteiger partial charge on any atom is 0.122 e. The lowest BCUT2D eigenvalue weighted by Crippen LogP contribution is -2.11. The molecule has 0 fully saturated rings. The topological polar surface area (TPSA) is 59.1 Å². The minimum absolute atomic E-state index is 0.0919. The summed E-state index contributed by atoms with van der Waals surface area (Å²) in [5.74, 6) is 0.907. The molecular formula is C29H52N2O. The second-order valence-corrected chi connectivity index (χ2v) is 9.51. The van der Waals surface area contributed by atoms with Gasteiger partial charge in [0.05, 0.1) is 6.61 Å². The number of hydrogen-bond donors (Lipinski definition) is 2. The lowest BCUT2D eigenvalue weighted by molar-refractivity contribution is 0.304. The smallest absolute Gasteiger partial charge is 0.122 e. The van der Waals surface area contributed by atoms with E-state index in [1.54, 1.807) is 0 Å². The van der Waals surface area contributed by atoms with Crippen molar-refractivity contribution in [2.45, 2.75) is 135 Å². The molecule has 0 atom stereocenters. The first-order chi connectivity index (χ1) is 15.7. The summed E-state index contributed by atoms with van der Waals surface area (Å²) in [5.41, 5.74) is 6.25. The van der Waals surface area contributed by atoms with Crippen molar-refractivity contribution in [1.82, 2.24) is 0 Å². The van der Waals surface area contributed by atoms with Crippen molar-refractivity contribution in [3.63, 3.8) is 0 Å². The fourth-order valence-electron chi connectivity index (χ4n) is 4.30. The summed E-state index contributed by atoms with van der Waals surface area (Å²) in [6.45, 7) is 3.04. The average Bonchev–Trinajstić information content (AvgIpc) is 2.80. The van der Waals surface area contributed by atoms with Crippen LogP contribution in [0.2, 0.25) is 0 Å². The largest absolute Gasteiger partial charge is 0.494 e. The Labute approximate surface area is 199 Å². The Morgan fingerprint density at radius 3 is 1.47 bits per heavy atom. The minimum atomic E-state index is 0.0919. The van der Waals surface area contributed by atoms with E-state index in [0.29, 0.717) is 0 Å². The highest BCUT2D eigenvalue weighted by molar-refractivity contribution is 5.95. The highest BCUT2D eigenvalue weighted by atomic mass is 16.5. The lowest BCUT2D eigenvalue weighted by atomic mass is 10.0. The molecule has 3 nitrogen and oxygen atoms in total. The first-order valence-electron chi connectivity index (χ1n) is 13.8. The molecule has 0 heterocycles. The Kier molecular flexibility index (Phi) is 19.0. The van der Waals surface area contributed by atoms with Gasteiger partial charge in [-0.15, -0.1) is 0 Å². The Balaban J connectivity index is 1.75. The summed E-state index contributed by atoms with van der Waals surface area (Å²) in [6, 6.07) is 7.51. The predicted octanol–water partition coefficient (Wildman–Crippen LogP) is 9.17. The van der Waals surface area contributed by atoms with Crippen LogP contribution in [-0.4, -0.2) is 12.4 Å². The minimum Gasteiger partial charge on any atom is -0.494 e. The van der Waals surface area contributed by atoms with E-state index in [1.165, 1.54) is 122 Å². The number of ether oxygens (including phenoxy) is 1. The number of benzene rings is 1. The molecule has 0 amide bonds. The van der Waals surface area contributed by atoms with Gasteiger partial charge in [0, 0.05) is 5.56 Å². The second kappa shape index (κ2) is 21.3. The van der Waals surface area contributed by atoms with Crippen LogP contribution in [0.1, 0.15) is 141 Å². The summed E-state index contributed by atoms with van der Waals surface area (Å²) in [5, 5.41) is 7.48. The third kappa shape index (κ3) is 17.1. The summed E-state index contributed by atoms with van der Waals surface area (Å²) in [7, 11) is 0. The van der Waals surface area contributed by atoms with Crippen molar-refractivity contribution in [1.29, 1.82) is 5.41 Å². The van der Waals surface area contributed by atoms with Gasteiger partial charge in [0.1, 0.15) is 11.6 Å². The van der Waals surface area contributed by atoms with Gasteiger partial charge in [-0.3, -0.25) is 5.41 Å². The van der Waals surface area contributed by atoms with Gasteiger partial charge in [-0.05, 0) is 18.6 Å². The van der Waals surface area contributed by atoms with Crippen LogP contribution in [0, 0.1) is 5.41 Å². The molecule has 1 aromatic carbocycles. The van der Waals surface area contributed by atoms with Gasteiger partial charge < -0.3 is 10.5 Å². The molecule has 32 heavy (non-hydrogen) atoms. The fraction of sp³-hybridized carbons (Fsp3) is 0.759. The molecule has 0 saturated heterocycles. The Bertz CT molecular complexity index is 558. The van der Waals surface area contributed by atoms with Crippen LogP contribution in [0.15, 0.2) is 24.3 Å². The predicted molar refractivity (Wildman–Crippen MR) is 141 cm³/mol. The molecule has 0 spiro atoms. The zero-order valence-corrected chi connectivity index (χ0v) is 21.1. The average molecular weight is 445 g/mol. The zero-order chi connectivity index (χ0) is 23.1. The number of unbranched alkanes of at least 4 members (excludes halogenated alkanes) is 19. The number of hydrogen-bond acceptors (Lipinski definition) is 2. The molecule has 0 unspecified atom stereocenters. The van der Waals surface area contributed by atoms with Crippen LogP contribution in [0.5, 0.6) is 5.75 Å². The van der Waals surface area contributed by atoms with Crippen LogP contribution < -0.4 is 10.5 Å². The van der Waals surface area contributed by atoms with Crippen molar-refractivity contribution >= 4 is 5.84 Å². The molecule has 3 N–H and O–H groups in total. The highest BCUT2D eigenvalue weighted by Gasteiger charge is 2.00. The van der Waals surface area contributed by atoms with E-state index in [-0.39, 0.29) is 5.84 Å². The monoisotopic (exact) mass is 444 g/mol. The van der Waals surface area contributed by atoms with Crippen LogP contribution in [-0.2, 0) is 0 Å². The first kappa shape index (κ1) is 28.5. The molecule has 3 heteroatoms. The number of amidine groups is 1. The van der Waals surface area contributed by atoms with Crippen molar-refractivity contribution in [2.75, 3.05) is 6.61 Å². The summed E-state index contributed by atoms with van der Waals surface area (Å²) in [4.78, 5) is 0. The standard InChI is InChI=1S/C29H52N2O/c1-2-3-4-5-6-7-8-9-10-11-12-13-14-15-16-17-18-19-20-21-25-32-28-24-22-23-27(26-28)29(30)31/h22-24,26H,2-21,25H2,1H3,(H3,30,31). The van der Waals surface area contributed by atoms with Gasteiger partial charge >= 0.3 is 0 Å². The first-order valence-corrected chi connectivity index (χ1v) is 13.8. The number of nitrogen functional groups attached to an aromatic ring is 1. The molecule has 0 aliphatic heterocycles. The molecular weight excluding hydrogens is 392 g/mol. The van der Waals surface area contributed by atoms with E-state index in [2.05, 4.69) is 6.92 Å². The quantitative estimate of drug-likeness (QED) is 0.100. The van der Waals surface area contributed by atoms with Gasteiger partial charge in [-0.25, -0.2) is 0 Å². The van der Waals surface area contributed by atoms with Crippen molar-refractivity contribution in [3.8, 4) is 5.75 Å². The van der Waals surface area contributed by atoms with Crippen molar-refractivity contribution in [3.05, 3.63) is 29.8 Å². The molecule has 0 aromatic heterocycles. The molecule has 0 bridgehead atoms. The van der Waals surface area contributed by atoms with E-state index >= 15 is 0 Å². The Morgan fingerprint density at radius 2 is 1.06 bits per heavy atom. The molecule has 0 aliphatic carbocycles. The Hall–Kier alpha value is -1.51. The third-order valence-corrected chi connectivity index (χ3v) is 6.41. The highest BCUT2D eigenvalue weighted by Crippen LogP contribution is 2.16.